The fourth-order valence-electron chi connectivity index (χ4n) is 4.54. The Balaban J connectivity index is 0.000000350. The maximum Gasteiger partial charge on any atom is -1.00 e. The molecule has 0 saturated carbocycles. The number of hydrogen-bond donors (Lipinski definition) is 0. The first kappa shape index (κ1) is 36.3. The summed E-state index contributed by atoms with van der Waals surface area (Å²) in [5.74, 6) is -0.170. The van der Waals surface area contributed by atoms with Crippen molar-refractivity contribution in [3.63, 3.8) is 0 Å². The van der Waals surface area contributed by atoms with E-state index in [1.807, 2.05) is 3.71 Å². The summed E-state index contributed by atoms with van der Waals surface area (Å²) in [6, 6.07) is 26.0. The summed E-state index contributed by atoms with van der Waals surface area (Å²) in [5, 5.41) is 0. The second-order valence-corrected chi connectivity index (χ2v) is 13.1. The van der Waals surface area contributed by atoms with E-state index in [9.17, 15) is 4.39 Å². The first-order valence-electron chi connectivity index (χ1n) is 13.3. The minimum atomic E-state index is -0.170. The van der Waals surface area contributed by atoms with Crippen molar-refractivity contribution in [3.8, 4) is 11.1 Å². The molecule has 4 aromatic rings. The van der Waals surface area contributed by atoms with Gasteiger partial charge < -0.3 is 24.8 Å². The maximum absolute atomic E-state index is 12.2. The van der Waals surface area contributed by atoms with E-state index >= 15 is 0 Å². The van der Waals surface area contributed by atoms with Crippen molar-refractivity contribution in [2.45, 2.75) is 79.6 Å². The van der Waals surface area contributed by atoms with Gasteiger partial charge in [-0.2, -0.15) is 46.5 Å². The molecule has 0 aliphatic heterocycles. The molecule has 0 radical (unpaired) electrons. The SMILES string of the molecule is CC(C)(C)c1[c-]c2c(cc1)-c1ccc(C(C)(C)C)cc1C2.Cc1cc(C)c(C)[cH-]1.Fc1ccc([CH]=[Zr+2])cc1.[Cl-].[Cl-]. The molecule has 0 spiro atoms. The summed E-state index contributed by atoms with van der Waals surface area (Å²) in [4.78, 5) is 0. The van der Waals surface area contributed by atoms with E-state index in [1.54, 1.807) is 12.1 Å². The van der Waals surface area contributed by atoms with Gasteiger partial charge in [0, 0.05) is 0 Å². The zero-order valence-corrected chi connectivity index (χ0v) is 29.2. The Bertz CT molecular complexity index is 1320. The molecule has 0 unspecified atom stereocenters. The predicted molar refractivity (Wildman–Crippen MR) is 159 cm³/mol. The van der Waals surface area contributed by atoms with Crippen LogP contribution in [0.15, 0.2) is 66.7 Å². The summed E-state index contributed by atoms with van der Waals surface area (Å²) in [6.07, 6.45) is 1.03. The van der Waals surface area contributed by atoms with Crippen molar-refractivity contribution in [1.82, 2.24) is 0 Å². The molecule has 212 valence electrons. The van der Waals surface area contributed by atoms with Crippen LogP contribution >= 0.6 is 0 Å². The minimum Gasteiger partial charge on any atom is -1.00 e. The van der Waals surface area contributed by atoms with E-state index in [0.717, 1.165) is 12.0 Å². The third-order valence-corrected chi connectivity index (χ3v) is 7.83. The number of aryl methyl sites for hydroxylation is 3. The Morgan fingerprint density at radius 2 is 1.40 bits per heavy atom. The molecular weight excluding hydrogens is 614 g/mol. The van der Waals surface area contributed by atoms with Gasteiger partial charge in [-0.05, 0) is 28.4 Å². The van der Waals surface area contributed by atoms with Gasteiger partial charge >= 0.3 is 68.0 Å². The third kappa shape index (κ3) is 9.68. The Morgan fingerprint density at radius 3 is 1.85 bits per heavy atom. The Kier molecular flexibility index (Phi) is 13.6. The van der Waals surface area contributed by atoms with E-state index < -0.39 is 0 Å². The van der Waals surface area contributed by atoms with Gasteiger partial charge in [0.25, 0.3) is 0 Å². The fraction of sp³-hybridized carbons (Fsp3) is 0.333. The summed E-state index contributed by atoms with van der Waals surface area (Å²) >= 11 is 1.34. The van der Waals surface area contributed by atoms with Crippen molar-refractivity contribution in [2.75, 3.05) is 0 Å². The molecular formula is C36H41Cl2FZr-2. The van der Waals surface area contributed by atoms with Gasteiger partial charge in [-0.25, -0.2) is 6.07 Å². The molecule has 0 nitrogen and oxygen atoms in total. The number of fused-ring (bicyclic) bond motifs is 3. The van der Waals surface area contributed by atoms with E-state index in [2.05, 4.69) is 111 Å². The van der Waals surface area contributed by atoms with Crippen molar-refractivity contribution < 1.29 is 53.4 Å². The van der Waals surface area contributed by atoms with Crippen LogP contribution < -0.4 is 24.8 Å². The second-order valence-electron chi connectivity index (χ2n) is 12.4. The zero-order chi connectivity index (χ0) is 28.3. The zero-order valence-electron chi connectivity index (χ0n) is 25.3. The van der Waals surface area contributed by atoms with Crippen LogP contribution in [0.1, 0.15) is 86.1 Å². The van der Waals surface area contributed by atoms with Crippen molar-refractivity contribution >= 4 is 3.71 Å². The van der Waals surface area contributed by atoms with Gasteiger partial charge in [0.15, 0.2) is 0 Å². The normalized spacial score (nSPS) is 11.4. The molecule has 1 aliphatic rings. The molecule has 0 atom stereocenters. The van der Waals surface area contributed by atoms with Crippen molar-refractivity contribution in [2.24, 2.45) is 0 Å². The largest absolute Gasteiger partial charge is 1.00 e. The van der Waals surface area contributed by atoms with Gasteiger partial charge in [-0.1, -0.05) is 86.1 Å². The summed E-state index contributed by atoms with van der Waals surface area (Å²) < 4.78 is 14.2. The van der Waals surface area contributed by atoms with E-state index in [0.29, 0.717) is 0 Å². The number of halogens is 3. The van der Waals surface area contributed by atoms with E-state index in [-0.39, 0.29) is 41.5 Å². The second kappa shape index (κ2) is 15.0. The van der Waals surface area contributed by atoms with Crippen LogP contribution in [0, 0.1) is 32.7 Å². The molecule has 0 N–H and O–H groups in total. The standard InChI is InChI=1S/C21H25.C8H11.C7H5F.2ClH.Zr/c1-20(2,3)16-7-9-18-14(12-16)11-15-13-17(21(4,5)6)8-10-19(15)18;1-6-4-7(2)8(3)5-6;1-6-2-4-7(8)5-3-6;;;/h7-10,12H,11H2,1-6H3;4-5H,1-3H3;1-5H;2*1H;/q2*-1;;;;+2/p-2. The molecule has 0 bridgehead atoms. The Hall–Kier alpha value is -1.73. The smallest absolute Gasteiger partial charge is 1.00 e. The van der Waals surface area contributed by atoms with Crippen LogP contribution in [0.4, 0.5) is 4.39 Å². The van der Waals surface area contributed by atoms with Crippen molar-refractivity contribution in [1.29, 1.82) is 0 Å². The average molecular weight is 655 g/mol. The number of rotatable bonds is 1. The average Bonchev–Trinajstić information content (AvgIpc) is 3.35. The first-order valence-corrected chi connectivity index (χ1v) is 14.8. The maximum atomic E-state index is 12.2. The van der Waals surface area contributed by atoms with Crippen LogP contribution in [0.5, 0.6) is 0 Å². The quantitative estimate of drug-likeness (QED) is 0.243. The first-order chi connectivity index (χ1) is 17.7. The van der Waals surface area contributed by atoms with Gasteiger partial charge in [0.2, 0.25) is 0 Å². The third-order valence-electron chi connectivity index (χ3n) is 7.01. The van der Waals surface area contributed by atoms with Gasteiger partial charge in [-0.3, -0.25) is 0 Å². The molecule has 0 saturated heterocycles. The molecule has 40 heavy (non-hydrogen) atoms. The van der Waals surface area contributed by atoms with Crippen LogP contribution in [-0.2, 0) is 41.5 Å². The molecule has 0 fully saturated rings. The molecule has 0 heterocycles. The van der Waals surface area contributed by atoms with Crippen molar-refractivity contribution in [3.05, 3.63) is 123 Å². The van der Waals surface area contributed by atoms with Crippen LogP contribution in [0.3, 0.4) is 0 Å². The fourth-order valence-corrected chi connectivity index (χ4v) is 5.01. The van der Waals surface area contributed by atoms with Gasteiger partial charge in [0.05, 0.1) is 0 Å². The van der Waals surface area contributed by atoms with E-state index in [4.69, 9.17) is 0 Å². The van der Waals surface area contributed by atoms with Crippen LogP contribution in [0.2, 0.25) is 0 Å². The topological polar surface area (TPSA) is 0 Å². The Labute approximate surface area is 269 Å². The summed E-state index contributed by atoms with van der Waals surface area (Å²) in [5.41, 5.74) is 14.0. The summed E-state index contributed by atoms with van der Waals surface area (Å²) in [6.45, 7) is 20.0. The molecule has 5 rings (SSSR count). The molecule has 1 aliphatic carbocycles. The molecule has 4 aromatic carbocycles. The van der Waals surface area contributed by atoms with Crippen LogP contribution in [0.25, 0.3) is 11.1 Å². The van der Waals surface area contributed by atoms with Crippen LogP contribution in [-0.4, -0.2) is 3.71 Å². The number of benzene rings is 3. The number of hydrogen-bond acceptors (Lipinski definition) is 0. The molecule has 4 heteroatoms. The van der Waals surface area contributed by atoms with Gasteiger partial charge in [0.1, 0.15) is 0 Å². The molecule has 0 amide bonds. The molecule has 0 aromatic heterocycles. The predicted octanol–water partition coefficient (Wildman–Crippen LogP) is 3.51. The summed E-state index contributed by atoms with van der Waals surface area (Å²) in [7, 11) is 0. The monoisotopic (exact) mass is 652 g/mol. The Morgan fingerprint density at radius 1 is 0.800 bits per heavy atom. The minimum absolute atomic E-state index is 0. The van der Waals surface area contributed by atoms with E-state index in [1.165, 1.54) is 86.4 Å². The van der Waals surface area contributed by atoms with Gasteiger partial charge in [-0.15, -0.1) is 11.1 Å².